The molecule has 168 valence electrons. The fraction of sp³-hybridized carbons (Fsp3) is 0.0476. The molecule has 0 aliphatic carbocycles. The highest BCUT2D eigenvalue weighted by molar-refractivity contribution is 6.34. The van der Waals surface area contributed by atoms with Crippen molar-refractivity contribution < 1.29 is 24.2 Å². The molecule has 3 aromatic rings. The van der Waals surface area contributed by atoms with E-state index in [1.54, 1.807) is 18.2 Å². The molecule has 1 unspecified atom stereocenters. The van der Waals surface area contributed by atoms with Gasteiger partial charge in [0.2, 0.25) is 6.10 Å². The van der Waals surface area contributed by atoms with Crippen molar-refractivity contribution in [3.05, 3.63) is 103 Å². The second kappa shape index (κ2) is 9.75. The molecule has 0 saturated carbocycles. The van der Waals surface area contributed by atoms with Gasteiger partial charge in [0.25, 0.3) is 17.3 Å². The van der Waals surface area contributed by atoms with Crippen molar-refractivity contribution >= 4 is 46.2 Å². The first-order chi connectivity index (χ1) is 15.7. The van der Waals surface area contributed by atoms with Crippen LogP contribution >= 0.6 is 11.6 Å². The fourth-order valence-electron chi connectivity index (χ4n) is 2.82. The highest BCUT2D eigenvalue weighted by Crippen LogP contribution is 2.29. The van der Waals surface area contributed by atoms with Crippen LogP contribution in [0, 0.1) is 20.2 Å². The molecule has 0 aromatic heterocycles. The number of hydrogen-bond donors (Lipinski definition) is 2. The molecule has 1 amide bonds. The van der Waals surface area contributed by atoms with Crippen LogP contribution in [0.25, 0.3) is 0 Å². The summed E-state index contributed by atoms with van der Waals surface area (Å²) in [4.78, 5) is 46.3. The smallest absolute Gasteiger partial charge is 0.341 e. The molecule has 0 fully saturated rings. The van der Waals surface area contributed by atoms with E-state index in [9.17, 15) is 29.8 Å². The topological polar surface area (TPSA) is 168 Å². The third-order valence-electron chi connectivity index (χ3n) is 4.45. The number of hydrogen-bond acceptors (Lipinski definition) is 8. The van der Waals surface area contributed by atoms with Crippen molar-refractivity contribution in [3.63, 3.8) is 0 Å². The van der Waals surface area contributed by atoms with Gasteiger partial charge in [-0.25, -0.2) is 4.79 Å². The van der Waals surface area contributed by atoms with E-state index in [0.29, 0.717) is 5.56 Å². The number of carbonyl (C=O) groups excluding carboxylic acids is 2. The lowest BCUT2D eigenvalue weighted by Gasteiger charge is -2.19. The summed E-state index contributed by atoms with van der Waals surface area (Å²) in [5.74, 6) is -1.87. The Bertz CT molecular complexity index is 1250. The second-order valence-electron chi connectivity index (χ2n) is 6.64. The second-order valence-corrected chi connectivity index (χ2v) is 7.04. The number of nitro benzene ring substituents is 2. The van der Waals surface area contributed by atoms with Crippen LogP contribution in [0.15, 0.2) is 66.7 Å². The van der Waals surface area contributed by atoms with Gasteiger partial charge in [-0.15, -0.1) is 0 Å². The molecule has 0 radical (unpaired) electrons. The minimum atomic E-state index is -1.48. The van der Waals surface area contributed by atoms with Crippen molar-refractivity contribution in [1.29, 1.82) is 0 Å². The Kier molecular flexibility index (Phi) is 6.84. The number of non-ortho nitro benzene ring substituents is 2. The molecule has 0 bridgehead atoms. The average molecular weight is 471 g/mol. The number of amides is 1. The number of nitrogen functional groups attached to an aromatic ring is 1. The summed E-state index contributed by atoms with van der Waals surface area (Å²) < 4.78 is 5.37. The number of esters is 1. The van der Waals surface area contributed by atoms with Crippen LogP contribution in [0.3, 0.4) is 0 Å². The first-order valence-electron chi connectivity index (χ1n) is 9.22. The number of nitrogens with one attached hydrogen (secondary N) is 1. The van der Waals surface area contributed by atoms with Crippen LogP contribution in [-0.2, 0) is 9.53 Å². The van der Waals surface area contributed by atoms with Gasteiger partial charge in [0, 0.05) is 35.5 Å². The number of carbonyl (C=O) groups is 2. The van der Waals surface area contributed by atoms with E-state index in [0.717, 1.165) is 24.3 Å². The van der Waals surface area contributed by atoms with Gasteiger partial charge in [0.1, 0.15) is 0 Å². The molecule has 3 rings (SSSR count). The molecule has 0 aliphatic heterocycles. The van der Waals surface area contributed by atoms with Crippen molar-refractivity contribution in [2.24, 2.45) is 0 Å². The van der Waals surface area contributed by atoms with Gasteiger partial charge in [0.15, 0.2) is 0 Å². The summed E-state index contributed by atoms with van der Waals surface area (Å²) in [6.45, 7) is 0. The Labute approximate surface area is 191 Å². The normalized spacial score (nSPS) is 11.3. The highest BCUT2D eigenvalue weighted by Gasteiger charge is 2.28. The van der Waals surface area contributed by atoms with Crippen LogP contribution in [-0.4, -0.2) is 21.7 Å². The number of benzene rings is 3. The number of ether oxygens (including phenoxy) is 1. The number of anilines is 2. The quantitative estimate of drug-likeness (QED) is 0.223. The maximum atomic E-state index is 13.0. The van der Waals surface area contributed by atoms with Gasteiger partial charge in [-0.05, 0) is 12.1 Å². The maximum Gasteiger partial charge on any atom is 0.341 e. The van der Waals surface area contributed by atoms with Crippen molar-refractivity contribution in [2.75, 3.05) is 11.1 Å². The Hall–Kier alpha value is -4.51. The Morgan fingerprint density at radius 2 is 1.55 bits per heavy atom. The fourth-order valence-corrected chi connectivity index (χ4v) is 3.05. The predicted octanol–water partition coefficient (Wildman–Crippen LogP) is 4.28. The third kappa shape index (κ3) is 5.40. The summed E-state index contributed by atoms with van der Waals surface area (Å²) in [5, 5.41) is 24.3. The molecule has 0 heterocycles. The number of halogens is 1. The predicted molar refractivity (Wildman–Crippen MR) is 119 cm³/mol. The van der Waals surface area contributed by atoms with E-state index < -0.39 is 27.8 Å². The maximum absolute atomic E-state index is 13.0. The zero-order chi connectivity index (χ0) is 24.1. The summed E-state index contributed by atoms with van der Waals surface area (Å²) in [5.41, 5.74) is 5.11. The third-order valence-corrected chi connectivity index (χ3v) is 4.77. The number of nitro groups is 2. The number of nitrogens with two attached hydrogens (primary N) is 1. The van der Waals surface area contributed by atoms with Crippen LogP contribution in [0.5, 0.6) is 0 Å². The zero-order valence-electron chi connectivity index (χ0n) is 16.6. The number of nitrogens with zero attached hydrogens (tertiary/aromatic N) is 2. The van der Waals surface area contributed by atoms with Crippen molar-refractivity contribution in [2.45, 2.75) is 6.10 Å². The van der Waals surface area contributed by atoms with Gasteiger partial charge in [-0.3, -0.25) is 25.0 Å². The van der Waals surface area contributed by atoms with Gasteiger partial charge in [-0.2, -0.15) is 0 Å². The lowest BCUT2D eigenvalue weighted by molar-refractivity contribution is -0.385. The van der Waals surface area contributed by atoms with E-state index in [-0.39, 0.29) is 33.3 Å². The lowest BCUT2D eigenvalue weighted by atomic mass is 10.1. The largest absolute Gasteiger partial charge is 0.444 e. The van der Waals surface area contributed by atoms with Gasteiger partial charge >= 0.3 is 5.97 Å². The minimum absolute atomic E-state index is 0.0547. The summed E-state index contributed by atoms with van der Waals surface area (Å²) in [6.07, 6.45) is -1.48. The Morgan fingerprint density at radius 1 is 0.939 bits per heavy atom. The zero-order valence-corrected chi connectivity index (χ0v) is 17.4. The van der Waals surface area contributed by atoms with E-state index in [1.165, 1.54) is 24.3 Å². The summed E-state index contributed by atoms with van der Waals surface area (Å²) >= 11 is 6.03. The van der Waals surface area contributed by atoms with Crippen molar-refractivity contribution in [1.82, 2.24) is 0 Å². The molecule has 0 aliphatic rings. The first kappa shape index (κ1) is 23.2. The van der Waals surface area contributed by atoms with Crippen LogP contribution in [0.4, 0.5) is 22.7 Å². The van der Waals surface area contributed by atoms with Gasteiger partial charge < -0.3 is 15.8 Å². The Morgan fingerprint density at radius 3 is 2.15 bits per heavy atom. The molecule has 12 heteroatoms. The van der Waals surface area contributed by atoms with Gasteiger partial charge in [-0.1, -0.05) is 41.9 Å². The molecule has 33 heavy (non-hydrogen) atoms. The number of rotatable bonds is 7. The molecule has 0 spiro atoms. The van der Waals surface area contributed by atoms with E-state index in [2.05, 4.69) is 5.32 Å². The SMILES string of the molecule is Nc1ccc([N+](=O)[O-])cc1C(=O)OC(C(=O)Nc1ccc([N+](=O)[O-])cc1Cl)c1ccccc1. The van der Waals surface area contributed by atoms with E-state index in [1.807, 2.05) is 0 Å². The monoisotopic (exact) mass is 470 g/mol. The first-order valence-corrected chi connectivity index (χ1v) is 9.60. The Balaban J connectivity index is 1.91. The van der Waals surface area contributed by atoms with Crippen LogP contribution < -0.4 is 11.1 Å². The molecule has 11 nitrogen and oxygen atoms in total. The van der Waals surface area contributed by atoms with E-state index in [4.69, 9.17) is 22.1 Å². The molecular weight excluding hydrogens is 456 g/mol. The van der Waals surface area contributed by atoms with Crippen LogP contribution in [0.2, 0.25) is 5.02 Å². The molecule has 3 N–H and O–H groups in total. The summed E-state index contributed by atoms with van der Waals surface area (Å²) in [7, 11) is 0. The molecular formula is C21H15ClN4O7. The molecule has 1 atom stereocenters. The minimum Gasteiger partial charge on any atom is -0.444 e. The van der Waals surface area contributed by atoms with Crippen molar-refractivity contribution in [3.8, 4) is 0 Å². The van der Waals surface area contributed by atoms with Gasteiger partial charge in [0.05, 0.1) is 26.1 Å². The standard InChI is InChI=1S/C21H15ClN4O7/c22-16-11-14(26(31)32)7-9-18(16)24-20(27)19(12-4-2-1-3-5-12)33-21(28)15-10-13(25(29)30)6-8-17(15)23/h1-11,19H,23H2,(H,24,27). The molecule has 3 aromatic carbocycles. The van der Waals surface area contributed by atoms with Crippen LogP contribution in [0.1, 0.15) is 22.0 Å². The lowest BCUT2D eigenvalue weighted by Crippen LogP contribution is -2.26. The molecule has 0 saturated heterocycles. The summed E-state index contributed by atoms with van der Waals surface area (Å²) in [6, 6.07) is 14.7. The average Bonchev–Trinajstić information content (AvgIpc) is 2.79. The highest BCUT2D eigenvalue weighted by atomic mass is 35.5. The van der Waals surface area contributed by atoms with E-state index >= 15 is 0 Å².